The first-order valence-electron chi connectivity index (χ1n) is 5.62. The maximum absolute atomic E-state index is 13.1. The van der Waals surface area contributed by atoms with Gasteiger partial charge in [-0.15, -0.1) is 0 Å². The minimum Gasteiger partial charge on any atom is -0.324 e. The molecule has 0 aromatic heterocycles. The molecule has 0 saturated carbocycles. The molecule has 0 heterocycles. The smallest absolute Gasteiger partial charge is 0.159 e. The van der Waals surface area contributed by atoms with Gasteiger partial charge < -0.3 is 5.73 Å². The molecule has 0 fully saturated rings. The fourth-order valence-electron chi connectivity index (χ4n) is 1.84. The van der Waals surface area contributed by atoms with Gasteiger partial charge in [0.1, 0.15) is 0 Å². The van der Waals surface area contributed by atoms with Crippen LogP contribution in [0.25, 0.3) is 0 Å². The van der Waals surface area contributed by atoms with Gasteiger partial charge in [0.15, 0.2) is 11.6 Å². The van der Waals surface area contributed by atoms with Gasteiger partial charge in [-0.1, -0.05) is 41.4 Å². The first kappa shape index (κ1) is 14.3. The highest BCUT2D eigenvalue weighted by atomic mass is 35.5. The highest BCUT2D eigenvalue weighted by molar-refractivity contribution is 6.42. The van der Waals surface area contributed by atoms with Gasteiger partial charge >= 0.3 is 0 Å². The van der Waals surface area contributed by atoms with Crippen LogP contribution in [0.4, 0.5) is 8.78 Å². The third kappa shape index (κ3) is 3.24. The lowest BCUT2D eigenvalue weighted by Gasteiger charge is -2.14. The van der Waals surface area contributed by atoms with Gasteiger partial charge in [-0.25, -0.2) is 8.78 Å². The van der Waals surface area contributed by atoms with Gasteiger partial charge in [0.2, 0.25) is 0 Å². The van der Waals surface area contributed by atoms with E-state index in [1.165, 1.54) is 6.07 Å². The quantitative estimate of drug-likeness (QED) is 0.886. The van der Waals surface area contributed by atoms with Crippen molar-refractivity contribution in [3.8, 4) is 0 Å². The Morgan fingerprint density at radius 1 is 1.05 bits per heavy atom. The summed E-state index contributed by atoms with van der Waals surface area (Å²) in [6.07, 6.45) is 0.345. The summed E-state index contributed by atoms with van der Waals surface area (Å²) in [5.74, 6) is -1.76. The fraction of sp³-hybridized carbons (Fsp3) is 0.143. The molecule has 0 aliphatic heterocycles. The second-order valence-corrected chi connectivity index (χ2v) is 4.99. The van der Waals surface area contributed by atoms with Crippen molar-refractivity contribution in [3.05, 3.63) is 69.2 Å². The number of halogens is 4. The molecule has 0 amide bonds. The van der Waals surface area contributed by atoms with E-state index in [4.69, 9.17) is 28.9 Å². The molecule has 0 bridgehead atoms. The SMILES string of the molecule is NC(Cc1ccc(F)c(F)c1)c1cccc(Cl)c1Cl. The van der Waals surface area contributed by atoms with Gasteiger partial charge in [-0.2, -0.15) is 0 Å². The molecule has 0 saturated heterocycles. The lowest BCUT2D eigenvalue weighted by Crippen LogP contribution is -2.14. The monoisotopic (exact) mass is 301 g/mol. The van der Waals surface area contributed by atoms with Crippen molar-refractivity contribution in [1.29, 1.82) is 0 Å². The molecule has 2 rings (SSSR count). The van der Waals surface area contributed by atoms with Crippen molar-refractivity contribution < 1.29 is 8.78 Å². The van der Waals surface area contributed by atoms with E-state index in [0.29, 0.717) is 27.6 Å². The van der Waals surface area contributed by atoms with Gasteiger partial charge in [0.25, 0.3) is 0 Å². The van der Waals surface area contributed by atoms with Crippen LogP contribution >= 0.6 is 23.2 Å². The van der Waals surface area contributed by atoms with E-state index >= 15 is 0 Å². The molecule has 1 unspecified atom stereocenters. The van der Waals surface area contributed by atoms with Gasteiger partial charge in [-0.05, 0) is 35.7 Å². The summed E-state index contributed by atoms with van der Waals surface area (Å²) in [5, 5.41) is 0.805. The molecule has 2 aromatic rings. The van der Waals surface area contributed by atoms with E-state index in [1.807, 2.05) is 0 Å². The molecule has 1 atom stereocenters. The molecule has 1 nitrogen and oxygen atoms in total. The molecule has 2 aromatic carbocycles. The van der Waals surface area contributed by atoms with E-state index in [9.17, 15) is 8.78 Å². The molecule has 5 heteroatoms. The van der Waals surface area contributed by atoms with Gasteiger partial charge in [0, 0.05) is 6.04 Å². The van der Waals surface area contributed by atoms with Crippen molar-refractivity contribution in [1.82, 2.24) is 0 Å². The molecule has 19 heavy (non-hydrogen) atoms. The summed E-state index contributed by atoms with van der Waals surface area (Å²) in [5.41, 5.74) is 7.30. The fourth-order valence-corrected chi connectivity index (χ4v) is 2.29. The Balaban J connectivity index is 2.23. The van der Waals surface area contributed by atoms with Gasteiger partial charge in [0.05, 0.1) is 10.0 Å². The summed E-state index contributed by atoms with van der Waals surface area (Å²) in [6.45, 7) is 0. The highest BCUT2D eigenvalue weighted by Crippen LogP contribution is 2.30. The number of hydrogen-bond acceptors (Lipinski definition) is 1. The number of nitrogens with two attached hydrogens (primary N) is 1. The topological polar surface area (TPSA) is 26.0 Å². The van der Waals surface area contributed by atoms with Crippen LogP contribution < -0.4 is 5.73 Å². The van der Waals surface area contributed by atoms with Crippen LogP contribution in [0.2, 0.25) is 10.0 Å². The van der Waals surface area contributed by atoms with Crippen LogP contribution in [0.3, 0.4) is 0 Å². The summed E-state index contributed by atoms with van der Waals surface area (Å²) in [4.78, 5) is 0. The van der Waals surface area contributed by atoms with Crippen LogP contribution in [-0.2, 0) is 6.42 Å². The minimum atomic E-state index is -0.887. The second kappa shape index (κ2) is 5.87. The third-order valence-electron chi connectivity index (χ3n) is 2.82. The largest absolute Gasteiger partial charge is 0.324 e. The Kier molecular flexibility index (Phi) is 4.40. The Hall–Kier alpha value is -1.16. The lowest BCUT2D eigenvalue weighted by atomic mass is 9.99. The molecular weight excluding hydrogens is 291 g/mol. The first-order valence-corrected chi connectivity index (χ1v) is 6.38. The minimum absolute atomic E-state index is 0.345. The zero-order valence-electron chi connectivity index (χ0n) is 9.84. The van der Waals surface area contributed by atoms with Crippen molar-refractivity contribution in [2.45, 2.75) is 12.5 Å². The number of hydrogen-bond donors (Lipinski definition) is 1. The maximum Gasteiger partial charge on any atom is 0.159 e. The highest BCUT2D eigenvalue weighted by Gasteiger charge is 2.14. The summed E-state index contributed by atoms with van der Waals surface area (Å²) >= 11 is 12.0. The zero-order valence-corrected chi connectivity index (χ0v) is 11.3. The van der Waals surface area contributed by atoms with Crippen molar-refractivity contribution >= 4 is 23.2 Å². The molecule has 0 aliphatic rings. The molecule has 0 spiro atoms. The van der Waals surface area contributed by atoms with Crippen molar-refractivity contribution in [2.24, 2.45) is 5.73 Å². The van der Waals surface area contributed by atoms with E-state index in [0.717, 1.165) is 12.1 Å². The van der Waals surface area contributed by atoms with E-state index in [2.05, 4.69) is 0 Å². The van der Waals surface area contributed by atoms with E-state index < -0.39 is 17.7 Å². The standard InChI is InChI=1S/C14H11Cl2F2N/c15-10-3-1-2-9(14(10)16)13(19)7-8-4-5-11(17)12(18)6-8/h1-6,13H,7,19H2. The average molecular weight is 302 g/mol. The predicted molar refractivity (Wildman–Crippen MR) is 73.5 cm³/mol. The molecule has 2 N–H and O–H groups in total. The van der Waals surface area contributed by atoms with Crippen LogP contribution in [0.5, 0.6) is 0 Å². The number of benzene rings is 2. The van der Waals surface area contributed by atoms with Gasteiger partial charge in [-0.3, -0.25) is 0 Å². The third-order valence-corrected chi connectivity index (χ3v) is 3.65. The van der Waals surface area contributed by atoms with Crippen LogP contribution in [-0.4, -0.2) is 0 Å². The zero-order chi connectivity index (χ0) is 14.0. The van der Waals surface area contributed by atoms with Crippen LogP contribution in [0.15, 0.2) is 36.4 Å². The lowest BCUT2D eigenvalue weighted by molar-refractivity contribution is 0.506. The Bertz CT molecular complexity index is 602. The Morgan fingerprint density at radius 2 is 1.79 bits per heavy atom. The second-order valence-electron chi connectivity index (χ2n) is 4.20. The summed E-state index contributed by atoms with van der Waals surface area (Å²) < 4.78 is 25.9. The van der Waals surface area contributed by atoms with Crippen molar-refractivity contribution in [3.63, 3.8) is 0 Å². The van der Waals surface area contributed by atoms with Crippen LogP contribution in [0.1, 0.15) is 17.2 Å². The molecular formula is C14H11Cl2F2N. The van der Waals surface area contributed by atoms with E-state index in [1.54, 1.807) is 18.2 Å². The normalized spacial score (nSPS) is 12.5. The number of rotatable bonds is 3. The first-order chi connectivity index (χ1) is 8.99. The molecule has 0 radical (unpaired) electrons. The van der Waals surface area contributed by atoms with Crippen LogP contribution in [0, 0.1) is 11.6 Å². The predicted octanol–water partition coefficient (Wildman–Crippen LogP) is 4.51. The summed E-state index contributed by atoms with van der Waals surface area (Å²) in [6, 6.07) is 8.45. The van der Waals surface area contributed by atoms with Crippen molar-refractivity contribution in [2.75, 3.05) is 0 Å². The maximum atomic E-state index is 13.1. The van der Waals surface area contributed by atoms with E-state index in [-0.39, 0.29) is 0 Å². The summed E-state index contributed by atoms with van der Waals surface area (Å²) in [7, 11) is 0. The Morgan fingerprint density at radius 3 is 2.47 bits per heavy atom. The molecule has 0 aliphatic carbocycles. The molecule has 100 valence electrons. The average Bonchev–Trinajstić information content (AvgIpc) is 2.37. The Labute approximate surface area is 119 Å².